The molecular formula is C12H12N2O2. The Morgan fingerprint density at radius 1 is 1.38 bits per heavy atom. The van der Waals surface area contributed by atoms with Crippen LogP contribution in [0.5, 0.6) is 0 Å². The molecule has 1 amide bonds. The first kappa shape index (κ1) is 10.4. The van der Waals surface area contributed by atoms with Gasteiger partial charge in [-0.05, 0) is 31.2 Å². The molecule has 0 atom stereocenters. The molecule has 2 aromatic rings. The number of carbonyl (C=O) groups is 1. The van der Waals surface area contributed by atoms with E-state index in [4.69, 9.17) is 4.74 Å². The third kappa shape index (κ3) is 2.11. The molecule has 2 rings (SSSR count). The Morgan fingerprint density at radius 2 is 2.25 bits per heavy atom. The van der Waals surface area contributed by atoms with Crippen LogP contribution in [0.4, 0.5) is 10.5 Å². The zero-order valence-electron chi connectivity index (χ0n) is 8.93. The molecule has 4 heteroatoms. The Balaban J connectivity index is 2.33. The molecule has 82 valence electrons. The first-order valence-corrected chi connectivity index (χ1v) is 5.09. The van der Waals surface area contributed by atoms with Gasteiger partial charge in [0.05, 0.1) is 17.8 Å². The minimum absolute atomic E-state index is 0.356. The van der Waals surface area contributed by atoms with Crippen LogP contribution in [0.3, 0.4) is 0 Å². The molecule has 1 aromatic heterocycles. The van der Waals surface area contributed by atoms with Crippen molar-refractivity contribution in [3.63, 3.8) is 0 Å². The minimum atomic E-state index is -0.446. The van der Waals surface area contributed by atoms with Gasteiger partial charge in [0, 0.05) is 11.6 Å². The first-order chi connectivity index (χ1) is 7.81. The molecule has 0 aliphatic rings. The number of aromatic nitrogens is 1. The van der Waals surface area contributed by atoms with E-state index in [1.165, 1.54) is 0 Å². The monoisotopic (exact) mass is 216 g/mol. The SMILES string of the molecule is CCOC(=O)Nc1cccc2ncccc12. The van der Waals surface area contributed by atoms with Gasteiger partial charge in [-0.15, -0.1) is 0 Å². The average molecular weight is 216 g/mol. The van der Waals surface area contributed by atoms with Crippen molar-refractivity contribution >= 4 is 22.7 Å². The minimum Gasteiger partial charge on any atom is -0.450 e. The number of rotatable bonds is 2. The van der Waals surface area contributed by atoms with Crippen LogP contribution in [-0.2, 0) is 4.74 Å². The first-order valence-electron chi connectivity index (χ1n) is 5.09. The molecule has 0 saturated carbocycles. The van der Waals surface area contributed by atoms with E-state index in [0.717, 1.165) is 10.9 Å². The van der Waals surface area contributed by atoms with Crippen LogP contribution in [0, 0.1) is 0 Å². The fraction of sp³-hybridized carbons (Fsp3) is 0.167. The van der Waals surface area contributed by atoms with Crippen molar-refractivity contribution in [2.45, 2.75) is 6.92 Å². The molecule has 0 aliphatic heterocycles. The van der Waals surface area contributed by atoms with Crippen molar-refractivity contribution in [2.75, 3.05) is 11.9 Å². The van der Waals surface area contributed by atoms with E-state index in [-0.39, 0.29) is 0 Å². The summed E-state index contributed by atoms with van der Waals surface area (Å²) in [4.78, 5) is 15.5. The summed E-state index contributed by atoms with van der Waals surface area (Å²) in [6.07, 6.45) is 1.27. The average Bonchev–Trinajstić information content (AvgIpc) is 2.30. The van der Waals surface area contributed by atoms with Gasteiger partial charge in [-0.25, -0.2) is 4.79 Å². The lowest BCUT2D eigenvalue weighted by molar-refractivity contribution is 0.168. The highest BCUT2D eigenvalue weighted by molar-refractivity contribution is 5.98. The number of nitrogens with one attached hydrogen (secondary N) is 1. The van der Waals surface area contributed by atoms with Crippen molar-refractivity contribution in [1.29, 1.82) is 0 Å². The van der Waals surface area contributed by atoms with Crippen LogP contribution in [0.25, 0.3) is 10.9 Å². The molecule has 0 spiro atoms. The number of ether oxygens (including phenoxy) is 1. The van der Waals surface area contributed by atoms with Crippen molar-refractivity contribution in [1.82, 2.24) is 4.98 Å². The van der Waals surface area contributed by atoms with E-state index < -0.39 is 6.09 Å². The Bertz CT molecular complexity index is 506. The summed E-state index contributed by atoms with van der Waals surface area (Å²) in [5.74, 6) is 0. The van der Waals surface area contributed by atoms with Gasteiger partial charge in [-0.1, -0.05) is 6.07 Å². The molecule has 0 unspecified atom stereocenters. The van der Waals surface area contributed by atoms with Gasteiger partial charge >= 0.3 is 6.09 Å². The van der Waals surface area contributed by atoms with Crippen molar-refractivity contribution in [3.05, 3.63) is 36.5 Å². The van der Waals surface area contributed by atoms with E-state index in [0.29, 0.717) is 12.3 Å². The molecule has 16 heavy (non-hydrogen) atoms. The summed E-state index contributed by atoms with van der Waals surface area (Å²) in [7, 11) is 0. The number of anilines is 1. The number of carbonyl (C=O) groups excluding carboxylic acids is 1. The summed E-state index contributed by atoms with van der Waals surface area (Å²) in [5, 5.41) is 3.59. The van der Waals surface area contributed by atoms with Crippen LogP contribution in [0.15, 0.2) is 36.5 Å². The third-order valence-electron chi connectivity index (χ3n) is 2.16. The summed E-state index contributed by atoms with van der Waals surface area (Å²) in [5.41, 5.74) is 1.56. The summed E-state index contributed by atoms with van der Waals surface area (Å²) in [6, 6.07) is 9.30. The van der Waals surface area contributed by atoms with Crippen molar-refractivity contribution in [2.24, 2.45) is 0 Å². The van der Waals surface area contributed by atoms with Gasteiger partial charge in [0.1, 0.15) is 0 Å². The second-order valence-corrected chi connectivity index (χ2v) is 3.22. The molecule has 1 N–H and O–H groups in total. The molecule has 0 bridgehead atoms. The standard InChI is InChI=1S/C12H12N2O2/c1-2-16-12(15)14-11-7-3-6-10-9(11)5-4-8-13-10/h3-8H,2H2,1H3,(H,14,15). The van der Waals surface area contributed by atoms with E-state index in [9.17, 15) is 4.79 Å². The lowest BCUT2D eigenvalue weighted by Gasteiger charge is -2.07. The molecule has 0 aliphatic carbocycles. The van der Waals surface area contributed by atoms with E-state index in [1.807, 2.05) is 30.3 Å². The molecule has 1 heterocycles. The number of pyridine rings is 1. The number of hydrogen-bond donors (Lipinski definition) is 1. The van der Waals surface area contributed by atoms with Gasteiger partial charge in [0.15, 0.2) is 0 Å². The van der Waals surface area contributed by atoms with Crippen LogP contribution in [0.1, 0.15) is 6.92 Å². The van der Waals surface area contributed by atoms with E-state index in [1.54, 1.807) is 13.1 Å². The van der Waals surface area contributed by atoms with Gasteiger partial charge in [0.2, 0.25) is 0 Å². The number of hydrogen-bond acceptors (Lipinski definition) is 3. The van der Waals surface area contributed by atoms with Crippen LogP contribution >= 0.6 is 0 Å². The topological polar surface area (TPSA) is 51.2 Å². The Labute approximate surface area is 93.3 Å². The Morgan fingerprint density at radius 3 is 3.06 bits per heavy atom. The van der Waals surface area contributed by atoms with E-state index >= 15 is 0 Å². The fourth-order valence-corrected chi connectivity index (χ4v) is 1.49. The zero-order valence-corrected chi connectivity index (χ0v) is 8.93. The second-order valence-electron chi connectivity index (χ2n) is 3.22. The highest BCUT2D eigenvalue weighted by Gasteiger charge is 2.05. The Kier molecular flexibility index (Phi) is 3.00. The number of nitrogens with zero attached hydrogens (tertiary/aromatic N) is 1. The molecule has 4 nitrogen and oxygen atoms in total. The molecule has 0 saturated heterocycles. The van der Waals surface area contributed by atoms with Crippen LogP contribution < -0.4 is 5.32 Å². The number of benzene rings is 1. The van der Waals surface area contributed by atoms with Gasteiger partial charge in [-0.3, -0.25) is 10.3 Å². The normalized spacial score (nSPS) is 10.1. The Hall–Kier alpha value is -2.10. The number of fused-ring (bicyclic) bond motifs is 1. The van der Waals surface area contributed by atoms with Gasteiger partial charge in [0.25, 0.3) is 0 Å². The molecule has 1 aromatic carbocycles. The maximum Gasteiger partial charge on any atom is 0.411 e. The summed E-state index contributed by atoms with van der Waals surface area (Å²) < 4.78 is 4.82. The quantitative estimate of drug-likeness (QED) is 0.839. The van der Waals surface area contributed by atoms with E-state index in [2.05, 4.69) is 10.3 Å². The predicted octanol–water partition coefficient (Wildman–Crippen LogP) is 2.80. The maximum atomic E-state index is 11.3. The number of amides is 1. The fourth-order valence-electron chi connectivity index (χ4n) is 1.49. The van der Waals surface area contributed by atoms with Gasteiger partial charge in [-0.2, -0.15) is 0 Å². The molecular weight excluding hydrogens is 204 g/mol. The molecule has 0 radical (unpaired) electrons. The van der Waals surface area contributed by atoms with Crippen LogP contribution in [0.2, 0.25) is 0 Å². The third-order valence-corrected chi connectivity index (χ3v) is 2.16. The van der Waals surface area contributed by atoms with Crippen LogP contribution in [-0.4, -0.2) is 17.7 Å². The maximum absolute atomic E-state index is 11.3. The molecule has 0 fully saturated rings. The summed E-state index contributed by atoms with van der Waals surface area (Å²) >= 11 is 0. The predicted molar refractivity (Wildman–Crippen MR) is 62.4 cm³/mol. The highest BCUT2D eigenvalue weighted by atomic mass is 16.5. The summed E-state index contributed by atoms with van der Waals surface area (Å²) in [6.45, 7) is 2.12. The highest BCUT2D eigenvalue weighted by Crippen LogP contribution is 2.21. The lowest BCUT2D eigenvalue weighted by Crippen LogP contribution is -2.13. The smallest absolute Gasteiger partial charge is 0.411 e. The van der Waals surface area contributed by atoms with Crippen molar-refractivity contribution < 1.29 is 9.53 Å². The lowest BCUT2D eigenvalue weighted by atomic mass is 10.2. The zero-order chi connectivity index (χ0) is 11.4. The van der Waals surface area contributed by atoms with Crippen molar-refractivity contribution in [3.8, 4) is 0 Å². The second kappa shape index (κ2) is 4.61. The largest absolute Gasteiger partial charge is 0.450 e. The van der Waals surface area contributed by atoms with Gasteiger partial charge < -0.3 is 4.74 Å².